The average molecular weight is 430 g/mol. The van der Waals surface area contributed by atoms with Crippen molar-refractivity contribution in [3.63, 3.8) is 0 Å². The highest BCUT2D eigenvalue weighted by Gasteiger charge is 2.25. The summed E-state index contributed by atoms with van der Waals surface area (Å²) in [6.45, 7) is 8.98. The van der Waals surface area contributed by atoms with Gasteiger partial charge in [-0.1, -0.05) is 35.9 Å². The lowest BCUT2D eigenvalue weighted by molar-refractivity contribution is -0.114. The van der Waals surface area contributed by atoms with Crippen LogP contribution in [0.1, 0.15) is 27.0 Å². The molecule has 0 aliphatic heterocycles. The molecule has 0 fully saturated rings. The highest BCUT2D eigenvalue weighted by molar-refractivity contribution is 7.92. The summed E-state index contributed by atoms with van der Waals surface area (Å²) in [6.07, 6.45) is 2.62. The molecule has 0 unspecified atom stereocenters. The molecule has 0 saturated carbocycles. The summed E-state index contributed by atoms with van der Waals surface area (Å²) in [7, 11) is -3.72. The van der Waals surface area contributed by atoms with Crippen molar-refractivity contribution in [3.8, 4) is 0 Å². The van der Waals surface area contributed by atoms with E-state index in [1.54, 1.807) is 30.3 Å². The fraction of sp³-hybridized carbons (Fsp3) is 0.273. The maximum atomic E-state index is 12.8. The molecule has 2 rings (SSSR count). The SMILES string of the molecule is C=CCNC(=O)c1ccccc1NC(=O)CN(c1c(C)cc(C)cc1C)S(C)(=O)=O. The Hall–Kier alpha value is -3.13. The average Bonchev–Trinajstić information content (AvgIpc) is 2.64. The second kappa shape index (κ2) is 9.58. The van der Waals surface area contributed by atoms with E-state index in [-0.39, 0.29) is 18.0 Å². The van der Waals surface area contributed by atoms with Crippen molar-refractivity contribution in [1.82, 2.24) is 5.32 Å². The molecule has 30 heavy (non-hydrogen) atoms. The van der Waals surface area contributed by atoms with Crippen LogP contribution in [0.2, 0.25) is 0 Å². The van der Waals surface area contributed by atoms with Crippen molar-refractivity contribution in [3.05, 3.63) is 71.3 Å². The largest absolute Gasteiger partial charge is 0.349 e. The zero-order valence-electron chi connectivity index (χ0n) is 17.7. The van der Waals surface area contributed by atoms with Crippen molar-refractivity contribution in [2.24, 2.45) is 0 Å². The van der Waals surface area contributed by atoms with Gasteiger partial charge in [-0.3, -0.25) is 13.9 Å². The number of carbonyl (C=O) groups excluding carboxylic acids is 2. The predicted octanol–water partition coefficient (Wildman–Crippen LogP) is 2.93. The number of carbonyl (C=O) groups is 2. The van der Waals surface area contributed by atoms with Crippen LogP contribution in [0.15, 0.2) is 49.1 Å². The first kappa shape index (κ1) is 23.2. The van der Waals surface area contributed by atoms with E-state index in [4.69, 9.17) is 0 Å². The van der Waals surface area contributed by atoms with Gasteiger partial charge in [0, 0.05) is 6.54 Å². The number of nitrogens with one attached hydrogen (secondary N) is 2. The second-order valence-corrected chi connectivity index (χ2v) is 9.02. The topological polar surface area (TPSA) is 95.6 Å². The number of para-hydroxylation sites is 1. The Labute approximate surface area is 177 Å². The highest BCUT2D eigenvalue weighted by Crippen LogP contribution is 2.28. The number of hydrogen-bond acceptors (Lipinski definition) is 4. The Kier molecular flexibility index (Phi) is 7.39. The molecular formula is C22H27N3O4S. The number of aryl methyl sites for hydroxylation is 3. The number of anilines is 2. The third kappa shape index (κ3) is 5.70. The summed E-state index contributed by atoms with van der Waals surface area (Å²) < 4.78 is 26.0. The summed E-state index contributed by atoms with van der Waals surface area (Å²) in [5.74, 6) is -0.917. The highest BCUT2D eigenvalue weighted by atomic mass is 32.2. The molecule has 0 aromatic heterocycles. The minimum atomic E-state index is -3.72. The Bertz CT molecular complexity index is 1050. The number of benzene rings is 2. The first-order valence-electron chi connectivity index (χ1n) is 9.38. The Balaban J connectivity index is 2.32. The molecule has 0 saturated heterocycles. The smallest absolute Gasteiger partial charge is 0.253 e. The van der Waals surface area contributed by atoms with Crippen LogP contribution in [-0.2, 0) is 14.8 Å². The quantitative estimate of drug-likeness (QED) is 0.631. The lowest BCUT2D eigenvalue weighted by Gasteiger charge is -2.26. The maximum absolute atomic E-state index is 12.8. The summed E-state index contributed by atoms with van der Waals surface area (Å²) in [5.41, 5.74) is 3.59. The van der Waals surface area contributed by atoms with Crippen LogP contribution >= 0.6 is 0 Å². The van der Waals surface area contributed by atoms with Gasteiger partial charge in [-0.2, -0.15) is 0 Å². The van der Waals surface area contributed by atoms with Gasteiger partial charge in [-0.25, -0.2) is 8.42 Å². The van der Waals surface area contributed by atoms with Crippen molar-refractivity contribution in [2.75, 3.05) is 29.0 Å². The molecule has 8 heteroatoms. The van der Waals surface area contributed by atoms with Crippen LogP contribution in [0.25, 0.3) is 0 Å². The molecule has 7 nitrogen and oxygen atoms in total. The van der Waals surface area contributed by atoms with Gasteiger partial charge in [0.15, 0.2) is 0 Å². The fourth-order valence-electron chi connectivity index (χ4n) is 3.30. The van der Waals surface area contributed by atoms with Crippen LogP contribution in [0.5, 0.6) is 0 Å². The van der Waals surface area contributed by atoms with Crippen molar-refractivity contribution in [1.29, 1.82) is 0 Å². The van der Waals surface area contributed by atoms with Gasteiger partial charge in [0.1, 0.15) is 6.54 Å². The Morgan fingerprint density at radius 3 is 2.27 bits per heavy atom. The molecule has 160 valence electrons. The third-order valence-corrected chi connectivity index (χ3v) is 5.54. The molecule has 0 spiro atoms. The van der Waals surface area contributed by atoms with Gasteiger partial charge >= 0.3 is 0 Å². The zero-order valence-corrected chi connectivity index (χ0v) is 18.5. The third-order valence-electron chi connectivity index (χ3n) is 4.43. The van der Waals surface area contributed by atoms with E-state index in [2.05, 4.69) is 17.2 Å². The predicted molar refractivity (Wildman–Crippen MR) is 120 cm³/mol. The van der Waals surface area contributed by atoms with E-state index in [1.165, 1.54) is 0 Å². The summed E-state index contributed by atoms with van der Waals surface area (Å²) in [5, 5.41) is 5.32. The van der Waals surface area contributed by atoms with Gasteiger partial charge < -0.3 is 10.6 Å². The number of sulfonamides is 1. The summed E-state index contributed by atoms with van der Waals surface area (Å²) in [4.78, 5) is 25.1. The normalized spacial score (nSPS) is 10.9. The van der Waals surface area contributed by atoms with Gasteiger partial charge in [0.25, 0.3) is 5.91 Å². The molecule has 0 atom stereocenters. The van der Waals surface area contributed by atoms with Gasteiger partial charge in [0.05, 0.1) is 23.2 Å². The van der Waals surface area contributed by atoms with Crippen LogP contribution in [0.4, 0.5) is 11.4 Å². The fourth-order valence-corrected chi connectivity index (χ4v) is 4.27. The number of rotatable bonds is 8. The van der Waals surface area contributed by atoms with Crippen LogP contribution in [0.3, 0.4) is 0 Å². The van der Waals surface area contributed by atoms with E-state index in [9.17, 15) is 18.0 Å². The van der Waals surface area contributed by atoms with E-state index in [0.717, 1.165) is 27.3 Å². The minimum absolute atomic E-state index is 0.279. The summed E-state index contributed by atoms with van der Waals surface area (Å²) >= 11 is 0. The Morgan fingerprint density at radius 2 is 1.70 bits per heavy atom. The second-order valence-electron chi connectivity index (χ2n) is 7.11. The van der Waals surface area contributed by atoms with E-state index in [1.807, 2.05) is 32.9 Å². The molecule has 0 radical (unpaired) electrons. The maximum Gasteiger partial charge on any atom is 0.253 e. The molecular weight excluding hydrogens is 402 g/mol. The van der Waals surface area contributed by atoms with E-state index in [0.29, 0.717) is 11.4 Å². The molecule has 2 aromatic carbocycles. The molecule has 0 heterocycles. The summed E-state index contributed by atoms with van der Waals surface area (Å²) in [6, 6.07) is 10.3. The Morgan fingerprint density at radius 1 is 1.10 bits per heavy atom. The molecule has 0 aliphatic rings. The first-order valence-corrected chi connectivity index (χ1v) is 11.2. The van der Waals surface area contributed by atoms with Crippen LogP contribution in [-0.4, -0.2) is 39.6 Å². The van der Waals surface area contributed by atoms with Gasteiger partial charge in [-0.05, 0) is 44.0 Å². The number of nitrogens with zero attached hydrogens (tertiary/aromatic N) is 1. The monoisotopic (exact) mass is 429 g/mol. The molecule has 2 amide bonds. The van der Waals surface area contributed by atoms with E-state index >= 15 is 0 Å². The number of amides is 2. The van der Waals surface area contributed by atoms with Crippen molar-refractivity contribution >= 4 is 33.2 Å². The van der Waals surface area contributed by atoms with Crippen LogP contribution in [0, 0.1) is 20.8 Å². The molecule has 0 aliphatic carbocycles. The molecule has 2 aromatic rings. The lowest BCUT2D eigenvalue weighted by atomic mass is 10.1. The molecule has 2 N–H and O–H groups in total. The first-order chi connectivity index (χ1) is 14.0. The van der Waals surface area contributed by atoms with Crippen LogP contribution < -0.4 is 14.9 Å². The standard InChI is InChI=1S/C22H27N3O4S/c1-6-11-23-22(27)18-9-7-8-10-19(18)24-20(26)14-25(30(5,28)29)21-16(3)12-15(2)13-17(21)4/h6-10,12-13H,1,11,14H2,2-5H3,(H,23,27)(H,24,26). The van der Waals surface area contributed by atoms with E-state index < -0.39 is 22.5 Å². The van der Waals surface area contributed by atoms with Gasteiger partial charge in [0.2, 0.25) is 15.9 Å². The molecule has 0 bridgehead atoms. The zero-order chi connectivity index (χ0) is 22.5. The minimum Gasteiger partial charge on any atom is -0.349 e. The van der Waals surface area contributed by atoms with Crippen molar-refractivity contribution in [2.45, 2.75) is 20.8 Å². The van der Waals surface area contributed by atoms with Gasteiger partial charge in [-0.15, -0.1) is 6.58 Å². The number of hydrogen-bond donors (Lipinski definition) is 2. The lowest BCUT2D eigenvalue weighted by Crippen LogP contribution is -2.38. The van der Waals surface area contributed by atoms with Crippen molar-refractivity contribution < 1.29 is 18.0 Å².